The van der Waals surface area contributed by atoms with Crippen molar-refractivity contribution in [2.45, 2.75) is 26.4 Å². The van der Waals surface area contributed by atoms with Crippen LogP contribution in [0.2, 0.25) is 0 Å². The Morgan fingerprint density at radius 3 is 3.12 bits per heavy atom. The summed E-state index contributed by atoms with van der Waals surface area (Å²) < 4.78 is 7.26. The van der Waals surface area contributed by atoms with Gasteiger partial charge in [0, 0.05) is 32.3 Å². The van der Waals surface area contributed by atoms with E-state index in [1.54, 1.807) is 6.26 Å². The van der Waals surface area contributed by atoms with Crippen molar-refractivity contribution in [2.24, 2.45) is 0 Å². The first-order valence-electron chi connectivity index (χ1n) is 5.64. The molecule has 0 fully saturated rings. The molecule has 0 amide bonds. The smallest absolute Gasteiger partial charge is 0.105 e. The summed E-state index contributed by atoms with van der Waals surface area (Å²) in [5.74, 6) is 1.02. The van der Waals surface area contributed by atoms with Crippen LogP contribution in [0, 0.1) is 0 Å². The zero-order chi connectivity index (χ0) is 11.2. The highest BCUT2D eigenvalue weighted by Crippen LogP contribution is 2.01. The summed E-state index contributed by atoms with van der Waals surface area (Å²) in [6.07, 6.45) is 4.47. The van der Waals surface area contributed by atoms with Crippen molar-refractivity contribution in [1.82, 2.24) is 15.1 Å². The molecular formula is C12H17N3O. The molecular weight excluding hydrogens is 202 g/mol. The molecule has 0 aliphatic rings. The fourth-order valence-electron chi connectivity index (χ4n) is 1.68. The normalized spacial score (nSPS) is 10.8. The maximum Gasteiger partial charge on any atom is 0.105 e. The van der Waals surface area contributed by atoms with Crippen LogP contribution in [0.1, 0.15) is 18.4 Å². The third-order valence-corrected chi connectivity index (χ3v) is 2.54. The fraction of sp³-hybridized carbons (Fsp3) is 0.417. The second kappa shape index (κ2) is 5.51. The fourth-order valence-corrected chi connectivity index (χ4v) is 1.68. The molecule has 0 radical (unpaired) electrons. The van der Waals surface area contributed by atoms with E-state index >= 15 is 0 Å². The van der Waals surface area contributed by atoms with Gasteiger partial charge in [0.2, 0.25) is 0 Å². The first kappa shape index (κ1) is 11.0. The van der Waals surface area contributed by atoms with Crippen LogP contribution in [0.4, 0.5) is 0 Å². The van der Waals surface area contributed by atoms with Crippen molar-refractivity contribution in [3.63, 3.8) is 0 Å². The number of aryl methyl sites for hydroxylation is 1. The van der Waals surface area contributed by atoms with Gasteiger partial charge in [-0.25, -0.2) is 0 Å². The lowest BCUT2D eigenvalue weighted by Crippen LogP contribution is -2.19. The Morgan fingerprint density at radius 1 is 1.44 bits per heavy atom. The average molecular weight is 219 g/mol. The van der Waals surface area contributed by atoms with Gasteiger partial charge in [0.15, 0.2) is 0 Å². The minimum absolute atomic E-state index is 0.856. The quantitative estimate of drug-likeness (QED) is 0.754. The van der Waals surface area contributed by atoms with Gasteiger partial charge in [0.25, 0.3) is 0 Å². The summed E-state index contributed by atoms with van der Waals surface area (Å²) in [4.78, 5) is 0. The van der Waals surface area contributed by atoms with Crippen LogP contribution in [0.5, 0.6) is 0 Å². The highest BCUT2D eigenvalue weighted by Gasteiger charge is 2.00. The molecule has 0 unspecified atom stereocenters. The van der Waals surface area contributed by atoms with Crippen LogP contribution in [0.25, 0.3) is 0 Å². The molecule has 0 spiro atoms. The van der Waals surface area contributed by atoms with Crippen molar-refractivity contribution in [2.75, 3.05) is 6.54 Å². The predicted octanol–water partition coefficient (Wildman–Crippen LogP) is 1.83. The molecule has 2 rings (SSSR count). The second-order valence-corrected chi connectivity index (χ2v) is 3.64. The van der Waals surface area contributed by atoms with Crippen LogP contribution >= 0.6 is 0 Å². The lowest BCUT2D eigenvalue weighted by molar-refractivity contribution is 0.495. The van der Waals surface area contributed by atoms with Gasteiger partial charge in [-0.2, -0.15) is 5.10 Å². The third-order valence-electron chi connectivity index (χ3n) is 2.54. The van der Waals surface area contributed by atoms with E-state index in [4.69, 9.17) is 4.42 Å². The highest BCUT2D eigenvalue weighted by atomic mass is 16.3. The van der Waals surface area contributed by atoms with E-state index in [0.717, 1.165) is 31.8 Å². The molecule has 0 aromatic carbocycles. The molecule has 4 heteroatoms. The minimum Gasteiger partial charge on any atom is -0.469 e. The number of hydrogen-bond donors (Lipinski definition) is 1. The summed E-state index contributed by atoms with van der Waals surface area (Å²) >= 11 is 0. The topological polar surface area (TPSA) is 43.0 Å². The van der Waals surface area contributed by atoms with Gasteiger partial charge in [-0.05, 0) is 25.1 Å². The Bertz CT molecular complexity index is 406. The van der Waals surface area contributed by atoms with Gasteiger partial charge >= 0.3 is 0 Å². The van der Waals surface area contributed by atoms with Crippen LogP contribution in [-0.2, 0) is 19.5 Å². The maximum atomic E-state index is 5.26. The van der Waals surface area contributed by atoms with E-state index < -0.39 is 0 Å². The molecule has 86 valence electrons. The highest BCUT2D eigenvalue weighted by molar-refractivity contribution is 5.01. The summed E-state index contributed by atoms with van der Waals surface area (Å²) in [6, 6.07) is 5.96. The van der Waals surface area contributed by atoms with Gasteiger partial charge in [-0.1, -0.05) is 0 Å². The first-order valence-corrected chi connectivity index (χ1v) is 5.64. The van der Waals surface area contributed by atoms with E-state index in [9.17, 15) is 0 Å². The summed E-state index contributed by atoms with van der Waals surface area (Å²) in [6.45, 7) is 4.79. The molecule has 0 atom stereocenters. The molecule has 0 aliphatic heterocycles. The minimum atomic E-state index is 0.856. The van der Waals surface area contributed by atoms with Crippen molar-refractivity contribution in [3.05, 3.63) is 42.1 Å². The van der Waals surface area contributed by atoms with Crippen molar-refractivity contribution < 1.29 is 4.42 Å². The van der Waals surface area contributed by atoms with Gasteiger partial charge in [0.1, 0.15) is 5.76 Å². The molecule has 2 aromatic rings. The standard InChI is InChI=1S/C12H17N3O/c1-2-15-11(5-8-14-15)10-13-7-6-12-4-3-9-16-12/h3-5,8-9,13H,2,6-7,10H2,1H3. The van der Waals surface area contributed by atoms with Crippen LogP contribution in [0.3, 0.4) is 0 Å². The average Bonchev–Trinajstić information content (AvgIpc) is 2.95. The van der Waals surface area contributed by atoms with E-state index in [1.165, 1.54) is 5.69 Å². The number of nitrogens with one attached hydrogen (secondary N) is 1. The van der Waals surface area contributed by atoms with E-state index in [1.807, 2.05) is 29.1 Å². The summed E-state index contributed by atoms with van der Waals surface area (Å²) in [5.41, 5.74) is 1.22. The van der Waals surface area contributed by atoms with Crippen molar-refractivity contribution >= 4 is 0 Å². The van der Waals surface area contributed by atoms with Crippen LogP contribution < -0.4 is 5.32 Å². The number of rotatable bonds is 6. The van der Waals surface area contributed by atoms with Gasteiger partial charge < -0.3 is 9.73 Å². The van der Waals surface area contributed by atoms with Gasteiger partial charge in [0.05, 0.1) is 12.0 Å². The molecule has 16 heavy (non-hydrogen) atoms. The molecule has 0 aliphatic carbocycles. The lowest BCUT2D eigenvalue weighted by Gasteiger charge is -2.05. The zero-order valence-electron chi connectivity index (χ0n) is 9.52. The van der Waals surface area contributed by atoms with E-state index in [-0.39, 0.29) is 0 Å². The largest absolute Gasteiger partial charge is 0.469 e. The van der Waals surface area contributed by atoms with E-state index in [0.29, 0.717) is 0 Å². The number of aromatic nitrogens is 2. The second-order valence-electron chi connectivity index (χ2n) is 3.64. The molecule has 0 saturated heterocycles. The van der Waals surface area contributed by atoms with Crippen LogP contribution in [0.15, 0.2) is 35.1 Å². The molecule has 4 nitrogen and oxygen atoms in total. The maximum absolute atomic E-state index is 5.26. The third kappa shape index (κ3) is 2.73. The monoisotopic (exact) mass is 219 g/mol. The molecule has 0 bridgehead atoms. The summed E-state index contributed by atoms with van der Waals surface area (Å²) in [7, 11) is 0. The Kier molecular flexibility index (Phi) is 3.77. The Balaban J connectivity index is 1.72. The van der Waals surface area contributed by atoms with Crippen molar-refractivity contribution in [3.8, 4) is 0 Å². The van der Waals surface area contributed by atoms with Gasteiger partial charge in [-0.15, -0.1) is 0 Å². The van der Waals surface area contributed by atoms with Crippen LogP contribution in [-0.4, -0.2) is 16.3 Å². The Hall–Kier alpha value is -1.55. The number of hydrogen-bond acceptors (Lipinski definition) is 3. The SMILES string of the molecule is CCn1nccc1CNCCc1ccco1. The Morgan fingerprint density at radius 2 is 2.38 bits per heavy atom. The Labute approximate surface area is 95.3 Å². The summed E-state index contributed by atoms with van der Waals surface area (Å²) in [5, 5.41) is 7.60. The number of furan rings is 1. The number of nitrogens with zero attached hydrogens (tertiary/aromatic N) is 2. The van der Waals surface area contributed by atoms with E-state index in [2.05, 4.69) is 17.3 Å². The predicted molar refractivity (Wildman–Crippen MR) is 62.0 cm³/mol. The van der Waals surface area contributed by atoms with Gasteiger partial charge in [-0.3, -0.25) is 4.68 Å². The molecule has 1 N–H and O–H groups in total. The first-order chi connectivity index (χ1) is 7.90. The molecule has 2 heterocycles. The van der Waals surface area contributed by atoms with Crippen molar-refractivity contribution in [1.29, 1.82) is 0 Å². The zero-order valence-corrected chi connectivity index (χ0v) is 9.52. The lowest BCUT2D eigenvalue weighted by atomic mass is 10.3. The molecule has 2 aromatic heterocycles. The molecule has 0 saturated carbocycles.